The van der Waals surface area contributed by atoms with Crippen LogP contribution in [0, 0.1) is 0 Å². The maximum absolute atomic E-state index is 2.53. The fraction of sp³-hybridized carbons (Fsp3) is 0. The molecule has 0 fully saturated rings. The van der Waals surface area contributed by atoms with Crippen molar-refractivity contribution in [2.75, 3.05) is 9.80 Å². The molecule has 0 spiro atoms. The molecule has 0 atom stereocenters. The molecule has 15 rings (SSSR count). The zero-order valence-electron chi connectivity index (χ0n) is 42.5. The lowest BCUT2D eigenvalue weighted by atomic mass is 9.92. The number of fused-ring (bicyclic) bond motifs is 9. The smallest absolute Gasteiger partial charge is 0.0561 e. The molecule has 2 aromatic heterocycles. The van der Waals surface area contributed by atoms with Gasteiger partial charge in [0, 0.05) is 65.1 Å². The van der Waals surface area contributed by atoms with Crippen LogP contribution in [-0.2, 0) is 0 Å². The fourth-order valence-electron chi connectivity index (χ4n) is 11.9. The summed E-state index contributed by atoms with van der Waals surface area (Å²) in [4.78, 5) is 4.97. The first-order chi connectivity index (χ1) is 38.7. The number of thiophene rings is 1. The second-order valence-electron chi connectivity index (χ2n) is 20.1. The molecule has 78 heavy (non-hydrogen) atoms. The van der Waals surface area contributed by atoms with Crippen molar-refractivity contribution in [3.05, 3.63) is 297 Å². The Morgan fingerprint density at radius 3 is 1.47 bits per heavy atom. The topological polar surface area (TPSA) is 11.4 Å². The van der Waals surface area contributed by atoms with E-state index >= 15 is 0 Å². The monoisotopic (exact) mass is 1010 g/mol. The van der Waals surface area contributed by atoms with Gasteiger partial charge in [0.1, 0.15) is 0 Å². The molecule has 13 aromatic carbocycles. The number of anilines is 6. The van der Waals surface area contributed by atoms with Crippen LogP contribution in [0.5, 0.6) is 0 Å². The maximum atomic E-state index is 2.53. The van der Waals surface area contributed by atoms with Crippen LogP contribution in [0.25, 0.3) is 103 Å². The molecule has 0 aliphatic rings. The first-order valence-electron chi connectivity index (χ1n) is 26.6. The Balaban J connectivity index is 1.04. The van der Waals surface area contributed by atoms with E-state index in [4.69, 9.17) is 0 Å². The quantitative estimate of drug-likeness (QED) is 0.127. The summed E-state index contributed by atoms with van der Waals surface area (Å²) < 4.78 is 4.94. The Kier molecular flexibility index (Phi) is 11.0. The van der Waals surface area contributed by atoms with Gasteiger partial charge in [0.05, 0.1) is 16.7 Å². The van der Waals surface area contributed by atoms with Gasteiger partial charge in [0.2, 0.25) is 0 Å². The highest BCUT2D eigenvalue weighted by molar-refractivity contribution is 7.26. The van der Waals surface area contributed by atoms with Gasteiger partial charge in [0.15, 0.2) is 0 Å². The summed E-state index contributed by atoms with van der Waals surface area (Å²) >= 11 is 1.85. The van der Waals surface area contributed by atoms with Gasteiger partial charge in [-0.1, -0.05) is 200 Å². The van der Waals surface area contributed by atoms with Crippen LogP contribution in [0.4, 0.5) is 34.1 Å². The van der Waals surface area contributed by atoms with Crippen molar-refractivity contribution in [2.45, 2.75) is 0 Å². The van der Waals surface area contributed by atoms with E-state index < -0.39 is 0 Å². The second-order valence-corrected chi connectivity index (χ2v) is 21.1. The van der Waals surface area contributed by atoms with Crippen LogP contribution < -0.4 is 9.80 Å². The van der Waals surface area contributed by atoms with Crippen molar-refractivity contribution in [3.8, 4) is 39.1 Å². The maximum Gasteiger partial charge on any atom is 0.0561 e. The minimum absolute atomic E-state index is 1.03. The van der Waals surface area contributed by atoms with E-state index in [-0.39, 0.29) is 0 Å². The molecular formula is C74H49N3S. The summed E-state index contributed by atoms with van der Waals surface area (Å²) in [5.74, 6) is 0. The third-order valence-corrected chi connectivity index (χ3v) is 16.7. The highest BCUT2D eigenvalue weighted by Gasteiger charge is 2.25. The molecule has 0 saturated carbocycles. The highest BCUT2D eigenvalue weighted by Crippen LogP contribution is 2.50. The summed E-state index contributed by atoms with van der Waals surface area (Å²) in [7, 11) is 0. The molecule has 366 valence electrons. The summed E-state index contributed by atoms with van der Waals surface area (Å²) in [6, 6.07) is 109. The van der Waals surface area contributed by atoms with Crippen molar-refractivity contribution < 1.29 is 0 Å². The third-order valence-electron chi connectivity index (χ3n) is 15.5. The number of para-hydroxylation sites is 2. The predicted molar refractivity (Wildman–Crippen MR) is 334 cm³/mol. The second kappa shape index (κ2) is 19.0. The molecule has 0 unspecified atom stereocenters. The molecule has 3 nitrogen and oxygen atoms in total. The molecule has 0 aliphatic heterocycles. The Bertz CT molecular complexity index is 4630. The SMILES string of the molecule is c1ccc(-c2ccc(N(c3ccc(-c4ccccc4)cc3)c3cc(-c4cc5ccccc5c5ccccc45)cc(N(c4ccc5c6ccccc6n(-c6ccccc6)c5c4)c4cccc5sc6ccccc6c45)c3)cc2)cc1. The van der Waals surface area contributed by atoms with E-state index in [0.717, 1.165) is 50.9 Å². The van der Waals surface area contributed by atoms with Gasteiger partial charge < -0.3 is 14.4 Å². The first kappa shape index (κ1) is 45.4. The highest BCUT2D eigenvalue weighted by atomic mass is 32.1. The normalized spacial score (nSPS) is 11.6. The third kappa shape index (κ3) is 7.81. The number of rotatable bonds is 10. The van der Waals surface area contributed by atoms with E-state index in [1.807, 2.05) is 11.3 Å². The molecule has 0 aliphatic carbocycles. The Hall–Kier alpha value is -10.0. The molecule has 15 aromatic rings. The lowest BCUT2D eigenvalue weighted by molar-refractivity contribution is 1.18. The number of hydrogen-bond donors (Lipinski definition) is 0. The van der Waals surface area contributed by atoms with Crippen molar-refractivity contribution in [2.24, 2.45) is 0 Å². The molecule has 0 N–H and O–H groups in total. The van der Waals surface area contributed by atoms with Crippen LogP contribution in [0.2, 0.25) is 0 Å². The average Bonchev–Trinajstić information content (AvgIpc) is 4.18. The average molecular weight is 1010 g/mol. The number of aromatic nitrogens is 1. The fourth-order valence-corrected chi connectivity index (χ4v) is 13.1. The van der Waals surface area contributed by atoms with E-state index in [1.165, 1.54) is 85.8 Å². The van der Waals surface area contributed by atoms with Crippen molar-refractivity contribution in [1.82, 2.24) is 4.57 Å². The van der Waals surface area contributed by atoms with Crippen LogP contribution in [0.15, 0.2) is 297 Å². The lowest BCUT2D eigenvalue weighted by Gasteiger charge is -2.31. The van der Waals surface area contributed by atoms with Gasteiger partial charge in [-0.05, 0) is 152 Å². The Labute approximate surface area is 457 Å². The van der Waals surface area contributed by atoms with Gasteiger partial charge >= 0.3 is 0 Å². The van der Waals surface area contributed by atoms with Crippen LogP contribution >= 0.6 is 11.3 Å². The summed E-state index contributed by atoms with van der Waals surface area (Å²) in [6.07, 6.45) is 0. The van der Waals surface area contributed by atoms with Crippen LogP contribution in [0.1, 0.15) is 0 Å². The van der Waals surface area contributed by atoms with E-state index in [9.17, 15) is 0 Å². The van der Waals surface area contributed by atoms with Crippen molar-refractivity contribution in [1.29, 1.82) is 0 Å². The molecule has 0 bridgehead atoms. The molecule has 4 heteroatoms. The van der Waals surface area contributed by atoms with Gasteiger partial charge in [-0.3, -0.25) is 0 Å². The van der Waals surface area contributed by atoms with Crippen molar-refractivity contribution >= 4 is 109 Å². The predicted octanol–water partition coefficient (Wildman–Crippen LogP) is 21.4. The summed E-state index contributed by atoms with van der Waals surface area (Å²) in [5, 5.41) is 9.78. The molecule has 0 amide bonds. The minimum atomic E-state index is 1.03. The Morgan fingerprint density at radius 1 is 0.269 bits per heavy atom. The first-order valence-corrected chi connectivity index (χ1v) is 27.5. The summed E-state index contributed by atoms with van der Waals surface area (Å²) in [6.45, 7) is 0. The van der Waals surface area contributed by atoms with Gasteiger partial charge in [-0.25, -0.2) is 0 Å². The minimum Gasteiger partial charge on any atom is -0.310 e. The van der Waals surface area contributed by atoms with Crippen LogP contribution in [0.3, 0.4) is 0 Å². The van der Waals surface area contributed by atoms with E-state index in [2.05, 4.69) is 312 Å². The number of hydrogen-bond acceptors (Lipinski definition) is 3. The van der Waals surface area contributed by atoms with E-state index in [1.54, 1.807) is 0 Å². The standard InChI is InChI=1S/C74H49N3S/c1-4-19-50(20-5-1)52-35-39-57(40-36-52)75(58-41-37-53(38-42-58)51-21-6-2-7-22-51)60-45-55(68-47-54-23-10-11-26-62(54)63-27-12-13-28-64(63)68)46-61(48-60)76(70-32-18-34-73-74(70)67-30-15-17-33-72(67)78-73)59-43-44-66-65-29-14-16-31-69(65)77(71(66)49-59)56-24-8-3-9-25-56/h1-49H. The number of nitrogens with zero attached hydrogens (tertiary/aromatic N) is 3. The lowest BCUT2D eigenvalue weighted by Crippen LogP contribution is -2.14. The van der Waals surface area contributed by atoms with Crippen molar-refractivity contribution in [3.63, 3.8) is 0 Å². The molecule has 0 saturated heterocycles. The Morgan fingerprint density at radius 2 is 0.782 bits per heavy atom. The molecular weight excluding hydrogens is 963 g/mol. The summed E-state index contributed by atoms with van der Waals surface area (Å²) in [5.41, 5.74) is 16.8. The largest absolute Gasteiger partial charge is 0.310 e. The van der Waals surface area contributed by atoms with Gasteiger partial charge in [-0.2, -0.15) is 0 Å². The van der Waals surface area contributed by atoms with E-state index in [0.29, 0.717) is 0 Å². The van der Waals surface area contributed by atoms with Gasteiger partial charge in [-0.15, -0.1) is 11.3 Å². The number of benzene rings is 13. The molecule has 0 radical (unpaired) electrons. The molecule has 2 heterocycles. The zero-order valence-corrected chi connectivity index (χ0v) is 43.4. The van der Waals surface area contributed by atoms with Crippen LogP contribution in [-0.4, -0.2) is 4.57 Å². The van der Waals surface area contributed by atoms with Gasteiger partial charge in [0.25, 0.3) is 0 Å². The zero-order chi connectivity index (χ0) is 51.5.